The molecule has 0 saturated heterocycles. The van der Waals surface area contributed by atoms with E-state index in [1.165, 1.54) is 0 Å². The van der Waals surface area contributed by atoms with E-state index in [-0.39, 0.29) is 13.0 Å². The topological polar surface area (TPSA) is 49.7 Å². The molecule has 0 aromatic rings. The minimum absolute atomic E-state index is 0.0582. The van der Waals surface area contributed by atoms with E-state index in [2.05, 4.69) is 6.58 Å². The minimum Gasteiger partial charge on any atom is -0.396 e. The number of aliphatic hydroxyl groups is 2. The van der Waals surface area contributed by atoms with Crippen LogP contribution in [-0.4, -0.2) is 29.7 Å². The van der Waals surface area contributed by atoms with Gasteiger partial charge in [-0.05, 0) is 6.92 Å². The van der Waals surface area contributed by atoms with Crippen LogP contribution in [0.5, 0.6) is 0 Å². The van der Waals surface area contributed by atoms with Gasteiger partial charge in [-0.2, -0.15) is 0 Å². The maximum atomic E-state index is 8.87. The first kappa shape index (κ1) is 9.62. The predicted molar refractivity (Wildman–Crippen MR) is 38.5 cm³/mol. The predicted octanol–water partition coefficient (Wildman–Crippen LogP) is 0.280. The Morgan fingerprint density at radius 1 is 1.70 bits per heavy atom. The largest absolute Gasteiger partial charge is 0.396 e. The van der Waals surface area contributed by atoms with Crippen molar-refractivity contribution in [3.05, 3.63) is 12.2 Å². The maximum Gasteiger partial charge on any atom is 0.157 e. The van der Waals surface area contributed by atoms with Crippen molar-refractivity contribution in [2.24, 2.45) is 0 Å². The molecule has 0 saturated carbocycles. The molecule has 0 spiro atoms. The van der Waals surface area contributed by atoms with Gasteiger partial charge in [-0.15, -0.1) is 0 Å². The smallest absolute Gasteiger partial charge is 0.157 e. The summed E-state index contributed by atoms with van der Waals surface area (Å²) in [4.78, 5) is 0. The number of aliphatic hydroxyl groups excluding tert-OH is 2. The molecule has 0 aliphatic heterocycles. The summed E-state index contributed by atoms with van der Waals surface area (Å²) in [6.45, 7) is 5.69. The molecule has 0 aromatic carbocycles. The summed E-state index contributed by atoms with van der Waals surface area (Å²) < 4.78 is 4.84. The maximum absolute atomic E-state index is 8.87. The fourth-order valence-corrected chi connectivity index (χ4v) is 0.432. The van der Waals surface area contributed by atoms with Crippen LogP contribution in [0.15, 0.2) is 12.2 Å². The monoisotopic (exact) mass is 146 g/mol. The molecule has 0 aliphatic rings. The molecule has 0 aromatic heterocycles. The molecule has 1 atom stereocenters. The molecule has 0 heterocycles. The second-order valence-electron chi connectivity index (χ2n) is 2.24. The highest BCUT2D eigenvalue weighted by Crippen LogP contribution is 1.96. The Morgan fingerprint density at radius 3 is 2.70 bits per heavy atom. The molecule has 2 N–H and O–H groups in total. The van der Waals surface area contributed by atoms with Crippen molar-refractivity contribution in [3.63, 3.8) is 0 Å². The van der Waals surface area contributed by atoms with E-state index >= 15 is 0 Å². The van der Waals surface area contributed by atoms with Gasteiger partial charge < -0.3 is 14.9 Å². The third kappa shape index (κ3) is 5.75. The van der Waals surface area contributed by atoms with E-state index in [0.717, 1.165) is 5.57 Å². The number of hydrogen-bond donors (Lipinski definition) is 2. The van der Waals surface area contributed by atoms with Gasteiger partial charge in [-0.1, -0.05) is 12.2 Å². The highest BCUT2D eigenvalue weighted by atomic mass is 16.6. The van der Waals surface area contributed by atoms with Crippen LogP contribution in [0.4, 0.5) is 0 Å². The van der Waals surface area contributed by atoms with Gasteiger partial charge in [-0.25, -0.2) is 0 Å². The SMILES string of the molecule is C=C(C)COC(O)CCO. The molecule has 0 amide bonds. The number of rotatable bonds is 5. The molecule has 60 valence electrons. The van der Waals surface area contributed by atoms with E-state index in [1.807, 2.05) is 6.92 Å². The first-order valence-corrected chi connectivity index (χ1v) is 3.21. The summed E-state index contributed by atoms with van der Waals surface area (Å²) in [7, 11) is 0. The van der Waals surface area contributed by atoms with Gasteiger partial charge in [0.2, 0.25) is 0 Å². The standard InChI is InChI=1S/C7H14O3/c1-6(2)5-10-7(9)3-4-8/h7-9H,1,3-5H2,2H3. The van der Waals surface area contributed by atoms with Crippen molar-refractivity contribution in [1.29, 1.82) is 0 Å². The van der Waals surface area contributed by atoms with Gasteiger partial charge >= 0.3 is 0 Å². The average Bonchev–Trinajstić information content (AvgIpc) is 1.85. The van der Waals surface area contributed by atoms with Crippen LogP contribution in [0.1, 0.15) is 13.3 Å². The lowest BCUT2D eigenvalue weighted by Gasteiger charge is -2.09. The van der Waals surface area contributed by atoms with Crippen LogP contribution in [0, 0.1) is 0 Å². The number of hydrogen-bond acceptors (Lipinski definition) is 3. The lowest BCUT2D eigenvalue weighted by molar-refractivity contribution is -0.101. The van der Waals surface area contributed by atoms with Gasteiger partial charge in [0.15, 0.2) is 6.29 Å². The molecule has 0 rings (SSSR count). The summed E-state index contributed by atoms with van der Waals surface area (Å²) in [6.07, 6.45) is -0.602. The molecule has 0 radical (unpaired) electrons. The van der Waals surface area contributed by atoms with Gasteiger partial charge in [0.05, 0.1) is 6.61 Å². The third-order valence-electron chi connectivity index (χ3n) is 0.898. The quantitative estimate of drug-likeness (QED) is 0.432. The third-order valence-corrected chi connectivity index (χ3v) is 0.898. The fraction of sp³-hybridized carbons (Fsp3) is 0.714. The molecule has 10 heavy (non-hydrogen) atoms. The lowest BCUT2D eigenvalue weighted by atomic mass is 10.4. The Morgan fingerprint density at radius 2 is 2.30 bits per heavy atom. The number of ether oxygens (including phenoxy) is 1. The molecule has 0 bridgehead atoms. The van der Waals surface area contributed by atoms with Gasteiger partial charge in [-0.3, -0.25) is 0 Å². The lowest BCUT2D eigenvalue weighted by Crippen LogP contribution is -2.14. The van der Waals surface area contributed by atoms with Crippen LogP contribution < -0.4 is 0 Å². The summed E-state index contributed by atoms with van der Waals surface area (Å²) >= 11 is 0. The van der Waals surface area contributed by atoms with Gasteiger partial charge in [0.1, 0.15) is 0 Å². The second kappa shape index (κ2) is 5.41. The van der Waals surface area contributed by atoms with Crippen molar-refractivity contribution in [3.8, 4) is 0 Å². The second-order valence-corrected chi connectivity index (χ2v) is 2.24. The summed E-state index contributed by atoms with van der Waals surface area (Å²) in [5, 5.41) is 17.2. The summed E-state index contributed by atoms with van der Waals surface area (Å²) in [5.41, 5.74) is 0.858. The molecular weight excluding hydrogens is 132 g/mol. The highest BCUT2D eigenvalue weighted by Gasteiger charge is 2.00. The highest BCUT2D eigenvalue weighted by molar-refractivity contribution is 4.87. The van der Waals surface area contributed by atoms with E-state index in [4.69, 9.17) is 14.9 Å². The molecular formula is C7H14O3. The van der Waals surface area contributed by atoms with E-state index in [1.54, 1.807) is 0 Å². The van der Waals surface area contributed by atoms with Crippen molar-refractivity contribution < 1.29 is 14.9 Å². The Kier molecular flexibility index (Phi) is 5.20. The fourth-order valence-electron chi connectivity index (χ4n) is 0.432. The molecule has 3 heteroatoms. The van der Waals surface area contributed by atoms with Crippen molar-refractivity contribution in [2.75, 3.05) is 13.2 Å². The molecule has 1 unspecified atom stereocenters. The Bertz CT molecular complexity index is 101. The first-order valence-electron chi connectivity index (χ1n) is 3.21. The van der Waals surface area contributed by atoms with Crippen LogP contribution in [0.25, 0.3) is 0 Å². The normalized spacial score (nSPS) is 13.1. The molecule has 0 fully saturated rings. The summed E-state index contributed by atoms with van der Waals surface area (Å²) in [6, 6.07) is 0. The van der Waals surface area contributed by atoms with Gasteiger partial charge in [0.25, 0.3) is 0 Å². The summed E-state index contributed by atoms with van der Waals surface area (Å²) in [5.74, 6) is 0. The van der Waals surface area contributed by atoms with Crippen molar-refractivity contribution in [1.82, 2.24) is 0 Å². The van der Waals surface area contributed by atoms with Crippen LogP contribution >= 0.6 is 0 Å². The van der Waals surface area contributed by atoms with Crippen LogP contribution in [0.3, 0.4) is 0 Å². The zero-order valence-corrected chi connectivity index (χ0v) is 6.21. The minimum atomic E-state index is -0.860. The van der Waals surface area contributed by atoms with Crippen molar-refractivity contribution in [2.45, 2.75) is 19.6 Å². The Hall–Kier alpha value is -0.380. The Balaban J connectivity index is 3.21. The van der Waals surface area contributed by atoms with E-state index in [9.17, 15) is 0 Å². The zero-order valence-electron chi connectivity index (χ0n) is 6.21. The van der Waals surface area contributed by atoms with Crippen LogP contribution in [-0.2, 0) is 4.74 Å². The van der Waals surface area contributed by atoms with Gasteiger partial charge in [0, 0.05) is 13.0 Å². The molecule has 3 nitrogen and oxygen atoms in total. The van der Waals surface area contributed by atoms with Crippen molar-refractivity contribution >= 4 is 0 Å². The Labute approximate surface area is 60.9 Å². The average molecular weight is 146 g/mol. The van der Waals surface area contributed by atoms with Crippen LogP contribution in [0.2, 0.25) is 0 Å². The van der Waals surface area contributed by atoms with E-state index in [0.29, 0.717) is 6.61 Å². The molecule has 0 aliphatic carbocycles. The zero-order chi connectivity index (χ0) is 7.98. The van der Waals surface area contributed by atoms with E-state index < -0.39 is 6.29 Å². The first-order chi connectivity index (χ1) is 4.66.